The highest BCUT2D eigenvalue weighted by molar-refractivity contribution is 7.99. The van der Waals surface area contributed by atoms with Gasteiger partial charge in [0, 0.05) is 30.5 Å². The molecule has 0 aliphatic carbocycles. The summed E-state index contributed by atoms with van der Waals surface area (Å²) in [4.78, 5) is 25.9. The van der Waals surface area contributed by atoms with Crippen LogP contribution < -0.4 is 15.0 Å². The smallest absolute Gasteiger partial charge is 0.234 e. The molecule has 2 amide bonds. The molecule has 0 bridgehead atoms. The van der Waals surface area contributed by atoms with Crippen molar-refractivity contribution in [1.29, 1.82) is 0 Å². The molecule has 0 saturated carbocycles. The van der Waals surface area contributed by atoms with Gasteiger partial charge in [-0.25, -0.2) is 0 Å². The Morgan fingerprint density at radius 1 is 1.22 bits per heavy atom. The van der Waals surface area contributed by atoms with E-state index < -0.39 is 0 Å². The minimum Gasteiger partial charge on any atom is -0.494 e. The first-order valence-corrected chi connectivity index (χ1v) is 10.1. The number of methoxy groups -OCH3 is 1. The topological polar surface area (TPSA) is 58.6 Å². The van der Waals surface area contributed by atoms with Gasteiger partial charge in [-0.1, -0.05) is 29.8 Å². The summed E-state index contributed by atoms with van der Waals surface area (Å²) in [7, 11) is 1.57. The van der Waals surface area contributed by atoms with Gasteiger partial charge in [-0.2, -0.15) is 0 Å². The number of ether oxygens (including phenoxy) is 1. The fourth-order valence-electron chi connectivity index (χ4n) is 3.02. The highest BCUT2D eigenvalue weighted by atomic mass is 32.2. The first kappa shape index (κ1) is 19.3. The molecule has 1 heterocycles. The molecule has 6 heteroatoms. The molecule has 2 aromatic rings. The lowest BCUT2D eigenvalue weighted by atomic mass is 10.2. The van der Waals surface area contributed by atoms with Crippen LogP contribution in [0, 0.1) is 6.92 Å². The number of thioether (sulfide) groups is 1. The lowest BCUT2D eigenvalue weighted by Gasteiger charge is -2.19. The highest BCUT2D eigenvalue weighted by Gasteiger charge is 2.24. The molecule has 0 unspecified atom stereocenters. The van der Waals surface area contributed by atoms with Gasteiger partial charge in [-0.15, -0.1) is 11.8 Å². The van der Waals surface area contributed by atoms with Crippen LogP contribution in [0.2, 0.25) is 0 Å². The van der Waals surface area contributed by atoms with Crippen LogP contribution in [0.25, 0.3) is 0 Å². The number of benzene rings is 2. The molecular weight excluding hydrogens is 360 g/mol. The number of hydrogen-bond donors (Lipinski definition) is 1. The third kappa shape index (κ3) is 5.04. The second kappa shape index (κ2) is 8.95. The third-order valence-electron chi connectivity index (χ3n) is 4.45. The summed E-state index contributed by atoms with van der Waals surface area (Å²) in [5.74, 6) is 1.82. The predicted molar refractivity (Wildman–Crippen MR) is 111 cm³/mol. The molecule has 1 saturated heterocycles. The predicted octanol–water partition coefficient (Wildman–Crippen LogP) is 4.00. The molecule has 5 nitrogen and oxygen atoms in total. The molecule has 0 atom stereocenters. The van der Waals surface area contributed by atoms with E-state index in [-0.39, 0.29) is 11.8 Å². The number of carbonyl (C=O) groups excluding carboxylic acids is 2. The molecule has 2 aromatic carbocycles. The average molecular weight is 385 g/mol. The summed E-state index contributed by atoms with van der Waals surface area (Å²) in [5.41, 5.74) is 3.86. The van der Waals surface area contributed by atoms with Crippen LogP contribution in [0.3, 0.4) is 0 Å². The molecular formula is C21H24N2O3S. The minimum atomic E-state index is -0.0563. The minimum absolute atomic E-state index is 0.0563. The van der Waals surface area contributed by atoms with Crippen LogP contribution in [0.15, 0.2) is 42.5 Å². The maximum absolute atomic E-state index is 12.2. The first-order chi connectivity index (χ1) is 13.1. The summed E-state index contributed by atoms with van der Waals surface area (Å²) in [5, 5.41) is 2.90. The van der Waals surface area contributed by atoms with E-state index in [1.807, 2.05) is 12.1 Å². The number of nitrogens with one attached hydrogen (secondary N) is 1. The molecule has 1 aliphatic heterocycles. The summed E-state index contributed by atoms with van der Waals surface area (Å²) in [6, 6.07) is 13.7. The zero-order valence-electron chi connectivity index (χ0n) is 15.7. The quantitative estimate of drug-likeness (QED) is 0.784. The maximum atomic E-state index is 12.2. The van der Waals surface area contributed by atoms with E-state index in [4.69, 9.17) is 4.74 Å². The van der Waals surface area contributed by atoms with Gasteiger partial charge in [0.25, 0.3) is 0 Å². The zero-order chi connectivity index (χ0) is 19.2. The van der Waals surface area contributed by atoms with E-state index in [9.17, 15) is 9.59 Å². The highest BCUT2D eigenvalue weighted by Crippen LogP contribution is 2.33. The van der Waals surface area contributed by atoms with Crippen molar-refractivity contribution < 1.29 is 14.3 Å². The van der Waals surface area contributed by atoms with Gasteiger partial charge in [0.2, 0.25) is 11.8 Å². The summed E-state index contributed by atoms with van der Waals surface area (Å²) < 4.78 is 5.43. The van der Waals surface area contributed by atoms with Gasteiger partial charge >= 0.3 is 0 Å². The van der Waals surface area contributed by atoms with E-state index in [0.717, 1.165) is 17.9 Å². The molecule has 0 radical (unpaired) electrons. The van der Waals surface area contributed by atoms with Gasteiger partial charge in [0.05, 0.1) is 18.6 Å². The molecule has 1 N–H and O–H groups in total. The van der Waals surface area contributed by atoms with Gasteiger partial charge in [0.15, 0.2) is 0 Å². The Kier molecular flexibility index (Phi) is 6.40. The molecule has 0 aromatic heterocycles. The van der Waals surface area contributed by atoms with Crippen molar-refractivity contribution in [3.8, 4) is 5.75 Å². The number of amides is 2. The van der Waals surface area contributed by atoms with Crippen molar-refractivity contribution in [1.82, 2.24) is 0 Å². The second-order valence-electron chi connectivity index (χ2n) is 6.56. The number of nitrogens with zero attached hydrogens (tertiary/aromatic N) is 1. The van der Waals surface area contributed by atoms with Crippen LogP contribution >= 0.6 is 11.8 Å². The van der Waals surface area contributed by atoms with E-state index in [2.05, 4.69) is 36.5 Å². The Bertz CT molecular complexity index is 821. The second-order valence-corrected chi connectivity index (χ2v) is 7.55. The van der Waals surface area contributed by atoms with Gasteiger partial charge in [0.1, 0.15) is 5.75 Å². The van der Waals surface area contributed by atoms with E-state index in [1.165, 1.54) is 11.1 Å². The van der Waals surface area contributed by atoms with Crippen LogP contribution in [0.5, 0.6) is 5.75 Å². The Labute approximate surface area is 164 Å². The van der Waals surface area contributed by atoms with Gasteiger partial charge < -0.3 is 15.0 Å². The molecule has 27 heavy (non-hydrogen) atoms. The lowest BCUT2D eigenvalue weighted by molar-refractivity contribution is -0.117. The molecule has 1 fully saturated rings. The van der Waals surface area contributed by atoms with Gasteiger partial charge in [-0.3, -0.25) is 9.59 Å². The summed E-state index contributed by atoms with van der Waals surface area (Å²) in [6.45, 7) is 2.76. The number of anilines is 2. The van der Waals surface area contributed by atoms with E-state index in [1.54, 1.807) is 29.8 Å². The molecule has 1 aliphatic rings. The SMILES string of the molecule is COc1cc(NC(=O)CSCc2ccc(C)cc2)ccc1N1CCCC1=O. The monoisotopic (exact) mass is 384 g/mol. The average Bonchev–Trinajstić information content (AvgIpc) is 3.09. The normalized spacial score (nSPS) is 13.7. The van der Waals surface area contributed by atoms with Crippen molar-refractivity contribution in [3.05, 3.63) is 53.6 Å². The summed E-state index contributed by atoms with van der Waals surface area (Å²) >= 11 is 1.58. The van der Waals surface area contributed by atoms with Crippen LogP contribution in [0.1, 0.15) is 24.0 Å². The van der Waals surface area contributed by atoms with Crippen LogP contribution in [-0.2, 0) is 15.3 Å². The molecule has 3 rings (SSSR count). The van der Waals surface area contributed by atoms with Crippen molar-refractivity contribution in [2.75, 3.05) is 29.6 Å². The van der Waals surface area contributed by atoms with Crippen molar-refractivity contribution in [2.45, 2.75) is 25.5 Å². The number of rotatable bonds is 7. The van der Waals surface area contributed by atoms with Crippen molar-refractivity contribution >= 4 is 35.0 Å². The number of aryl methyl sites for hydroxylation is 1. The Morgan fingerprint density at radius 3 is 2.67 bits per heavy atom. The van der Waals surface area contributed by atoms with E-state index in [0.29, 0.717) is 30.2 Å². The Hall–Kier alpha value is -2.47. The summed E-state index contributed by atoms with van der Waals surface area (Å²) in [6.07, 6.45) is 1.43. The lowest BCUT2D eigenvalue weighted by Crippen LogP contribution is -2.24. The Balaban J connectivity index is 1.55. The van der Waals surface area contributed by atoms with Gasteiger partial charge in [-0.05, 0) is 31.0 Å². The third-order valence-corrected chi connectivity index (χ3v) is 5.45. The Morgan fingerprint density at radius 2 is 2.00 bits per heavy atom. The van der Waals surface area contributed by atoms with Crippen molar-refractivity contribution in [2.24, 2.45) is 0 Å². The fourth-order valence-corrected chi connectivity index (χ4v) is 3.81. The van der Waals surface area contributed by atoms with Crippen molar-refractivity contribution in [3.63, 3.8) is 0 Å². The fraction of sp³-hybridized carbons (Fsp3) is 0.333. The standard InChI is InChI=1S/C21H24N2O3S/c1-15-5-7-16(8-6-15)13-27-14-20(24)22-17-9-10-18(19(12-17)26-2)23-11-3-4-21(23)25/h5-10,12H,3-4,11,13-14H2,1-2H3,(H,22,24). The molecule has 142 valence electrons. The molecule has 0 spiro atoms. The van der Waals surface area contributed by atoms with E-state index >= 15 is 0 Å². The first-order valence-electron chi connectivity index (χ1n) is 8.98. The van der Waals surface area contributed by atoms with Crippen LogP contribution in [-0.4, -0.2) is 31.2 Å². The number of carbonyl (C=O) groups is 2. The number of hydrogen-bond acceptors (Lipinski definition) is 4. The zero-order valence-corrected chi connectivity index (χ0v) is 16.5. The van der Waals surface area contributed by atoms with Crippen LogP contribution in [0.4, 0.5) is 11.4 Å². The largest absolute Gasteiger partial charge is 0.494 e. The maximum Gasteiger partial charge on any atom is 0.234 e.